The monoisotopic (exact) mass is 251 g/mol. The summed E-state index contributed by atoms with van der Waals surface area (Å²) in [6, 6.07) is 3.75. The van der Waals surface area contributed by atoms with Crippen molar-refractivity contribution in [3.8, 4) is 0 Å². The molecule has 0 radical (unpaired) electrons. The van der Waals surface area contributed by atoms with Gasteiger partial charge < -0.3 is 9.91 Å². The van der Waals surface area contributed by atoms with Crippen LogP contribution in [-0.2, 0) is 6.54 Å². The summed E-state index contributed by atoms with van der Waals surface area (Å²) >= 11 is 0. The van der Waals surface area contributed by atoms with Crippen molar-refractivity contribution in [2.75, 3.05) is 27.7 Å². The van der Waals surface area contributed by atoms with Gasteiger partial charge in [-0.15, -0.1) is 0 Å². The summed E-state index contributed by atoms with van der Waals surface area (Å²) in [4.78, 5) is 16.0. The fraction of sp³-hybridized carbons (Fsp3) is 0.455. The molecule has 98 valence electrons. The normalized spacial score (nSPS) is 11.2. The Hall–Kier alpha value is -2.18. The van der Waals surface area contributed by atoms with E-state index in [0.29, 0.717) is 12.4 Å². The fourth-order valence-corrected chi connectivity index (χ4v) is 1.43. The molecule has 1 aromatic rings. The van der Waals surface area contributed by atoms with Crippen molar-refractivity contribution in [2.24, 2.45) is 5.10 Å². The second-order valence-electron chi connectivity index (χ2n) is 4.07. The van der Waals surface area contributed by atoms with Gasteiger partial charge >= 0.3 is 0 Å². The topological polar surface area (TPSA) is 74.9 Å². The van der Waals surface area contributed by atoms with Gasteiger partial charge in [-0.25, -0.2) is 0 Å². The first kappa shape index (κ1) is 13.9. The third-order valence-electron chi connectivity index (χ3n) is 2.17. The molecule has 0 aliphatic heterocycles. The quantitative estimate of drug-likeness (QED) is 0.333. The van der Waals surface area contributed by atoms with Gasteiger partial charge in [0.15, 0.2) is 5.84 Å². The summed E-state index contributed by atoms with van der Waals surface area (Å²) in [5, 5.41) is 16.3. The van der Waals surface area contributed by atoms with Gasteiger partial charge in [-0.05, 0) is 11.6 Å². The van der Waals surface area contributed by atoms with Crippen LogP contribution in [0.3, 0.4) is 0 Å². The highest BCUT2D eigenvalue weighted by atomic mass is 16.6. The maximum Gasteiger partial charge on any atom is 0.262 e. The van der Waals surface area contributed by atoms with Crippen LogP contribution in [0.5, 0.6) is 0 Å². The molecule has 0 aliphatic rings. The Kier molecular flexibility index (Phi) is 5.04. The van der Waals surface area contributed by atoms with Crippen molar-refractivity contribution in [2.45, 2.75) is 6.54 Å². The highest BCUT2D eigenvalue weighted by Crippen LogP contribution is 2.02. The summed E-state index contributed by atoms with van der Waals surface area (Å²) in [5.74, 6) is 0.411. The predicted octanol–water partition coefficient (Wildman–Crippen LogP) is 0.665. The van der Waals surface area contributed by atoms with Crippen LogP contribution in [0.2, 0.25) is 0 Å². The summed E-state index contributed by atoms with van der Waals surface area (Å²) in [5.41, 5.74) is 0.981. The second kappa shape index (κ2) is 6.53. The van der Waals surface area contributed by atoms with E-state index < -0.39 is 0 Å². The Morgan fingerprint density at radius 2 is 2.22 bits per heavy atom. The zero-order chi connectivity index (χ0) is 13.5. The van der Waals surface area contributed by atoms with E-state index in [4.69, 9.17) is 0 Å². The van der Waals surface area contributed by atoms with E-state index in [1.54, 1.807) is 43.4 Å². The van der Waals surface area contributed by atoms with Gasteiger partial charge in [0.05, 0.1) is 0 Å². The average Bonchev–Trinajstić information content (AvgIpc) is 2.28. The van der Waals surface area contributed by atoms with Crippen molar-refractivity contribution in [1.82, 2.24) is 14.9 Å². The van der Waals surface area contributed by atoms with E-state index in [1.165, 1.54) is 0 Å². The number of likely N-dealkylation sites (N-methyl/N-ethyl adjacent to an activating group) is 1. The molecule has 1 aromatic heterocycles. The second-order valence-corrected chi connectivity index (χ2v) is 4.07. The third-order valence-corrected chi connectivity index (χ3v) is 2.17. The first-order valence-electron chi connectivity index (χ1n) is 5.45. The number of rotatable bonds is 5. The van der Waals surface area contributed by atoms with E-state index >= 15 is 0 Å². The first-order valence-corrected chi connectivity index (χ1v) is 5.45. The highest BCUT2D eigenvalue weighted by molar-refractivity contribution is 5.82. The summed E-state index contributed by atoms with van der Waals surface area (Å²) in [6.07, 6.45) is 3.42. The summed E-state index contributed by atoms with van der Waals surface area (Å²) in [7, 11) is 5.24. The molecule has 7 nitrogen and oxygen atoms in total. The minimum atomic E-state index is -0.387. The molecule has 0 saturated heterocycles. The van der Waals surface area contributed by atoms with Gasteiger partial charge in [-0.3, -0.25) is 15.1 Å². The number of hydrogen-bond donors (Lipinski definition) is 0. The molecule has 0 aromatic carbocycles. The lowest BCUT2D eigenvalue weighted by molar-refractivity contribution is -0.464. The van der Waals surface area contributed by atoms with E-state index in [1.807, 2.05) is 12.1 Å². The molecule has 0 spiro atoms. The lowest BCUT2D eigenvalue weighted by Gasteiger charge is -2.20. The smallest absolute Gasteiger partial charge is 0.262 e. The molecule has 18 heavy (non-hydrogen) atoms. The third kappa shape index (κ3) is 4.77. The van der Waals surface area contributed by atoms with Crippen LogP contribution in [0.25, 0.3) is 0 Å². The van der Waals surface area contributed by atoms with E-state index in [9.17, 15) is 10.1 Å². The Morgan fingerprint density at radius 1 is 1.50 bits per heavy atom. The van der Waals surface area contributed by atoms with Gasteiger partial charge in [0.2, 0.25) is 0 Å². The fourth-order valence-electron chi connectivity index (χ4n) is 1.43. The summed E-state index contributed by atoms with van der Waals surface area (Å²) < 4.78 is 0. The number of pyridine rings is 1. The van der Waals surface area contributed by atoms with Crippen molar-refractivity contribution >= 4 is 5.84 Å². The maximum absolute atomic E-state index is 10.6. The van der Waals surface area contributed by atoms with Crippen LogP contribution in [-0.4, -0.2) is 53.3 Å². The van der Waals surface area contributed by atoms with Crippen LogP contribution in [0.15, 0.2) is 29.6 Å². The molecule has 0 unspecified atom stereocenters. The number of hydrazone groups is 1. The number of nitro groups is 1. The Bertz CT molecular complexity index is 419. The Morgan fingerprint density at radius 3 is 2.72 bits per heavy atom. The molecule has 0 N–H and O–H groups in total. The maximum atomic E-state index is 10.6. The van der Waals surface area contributed by atoms with Gasteiger partial charge in [0.1, 0.15) is 0 Å². The number of aromatic nitrogens is 1. The minimum Gasteiger partial charge on any atom is -0.352 e. The van der Waals surface area contributed by atoms with Gasteiger partial charge in [0.25, 0.3) is 6.54 Å². The molecule has 0 amide bonds. The molecule has 0 aliphatic carbocycles. The molecule has 0 atom stereocenters. The highest BCUT2D eigenvalue weighted by Gasteiger charge is 2.14. The molecular weight excluding hydrogens is 234 g/mol. The molecule has 1 heterocycles. The van der Waals surface area contributed by atoms with Gasteiger partial charge in [-0.1, -0.05) is 6.07 Å². The van der Waals surface area contributed by atoms with Crippen LogP contribution >= 0.6 is 0 Å². The van der Waals surface area contributed by atoms with Crippen molar-refractivity contribution in [3.05, 3.63) is 40.2 Å². The van der Waals surface area contributed by atoms with Crippen LogP contribution in [0.1, 0.15) is 5.56 Å². The molecule has 7 heteroatoms. The van der Waals surface area contributed by atoms with Gasteiger partial charge in [-0.2, -0.15) is 5.10 Å². The molecule has 0 saturated carbocycles. The standard InChI is InChI=1S/C11H17N5O2/c1-14(2)13-11(9-16(17)18)15(3)8-10-5-4-6-12-7-10/h4-7H,8-9H2,1-3H3. The van der Waals surface area contributed by atoms with Crippen molar-refractivity contribution < 1.29 is 4.92 Å². The Labute approximate surface area is 106 Å². The largest absolute Gasteiger partial charge is 0.352 e. The average molecular weight is 251 g/mol. The van der Waals surface area contributed by atoms with Crippen molar-refractivity contribution in [3.63, 3.8) is 0 Å². The number of amidine groups is 1. The van der Waals surface area contributed by atoms with Crippen LogP contribution in [0, 0.1) is 10.1 Å². The van der Waals surface area contributed by atoms with E-state index in [-0.39, 0.29) is 11.5 Å². The molecule has 1 rings (SSSR count). The van der Waals surface area contributed by atoms with Gasteiger partial charge in [0, 0.05) is 45.0 Å². The number of hydrogen-bond acceptors (Lipinski definition) is 5. The van der Waals surface area contributed by atoms with Crippen molar-refractivity contribution in [1.29, 1.82) is 0 Å². The van der Waals surface area contributed by atoms with Crippen LogP contribution in [0.4, 0.5) is 0 Å². The number of nitrogens with zero attached hydrogens (tertiary/aromatic N) is 5. The molecular formula is C11H17N5O2. The Balaban J connectivity index is 2.76. The zero-order valence-electron chi connectivity index (χ0n) is 10.8. The SMILES string of the molecule is CN(C)N=C(C[N+](=O)[O-])N(C)Cc1cccnc1. The lowest BCUT2D eigenvalue weighted by atomic mass is 10.2. The van der Waals surface area contributed by atoms with E-state index in [2.05, 4.69) is 10.1 Å². The van der Waals surface area contributed by atoms with E-state index in [0.717, 1.165) is 5.56 Å². The minimum absolute atomic E-state index is 0.297. The predicted molar refractivity (Wildman–Crippen MR) is 68.7 cm³/mol. The summed E-state index contributed by atoms with van der Waals surface area (Å²) in [6.45, 7) is 0.239. The molecule has 0 fully saturated rings. The molecule has 0 bridgehead atoms. The first-order chi connectivity index (χ1) is 8.49. The lowest BCUT2D eigenvalue weighted by Crippen LogP contribution is -2.33. The zero-order valence-corrected chi connectivity index (χ0v) is 10.8. The van der Waals surface area contributed by atoms with Crippen LogP contribution < -0.4 is 0 Å².